The summed E-state index contributed by atoms with van der Waals surface area (Å²) in [6.07, 6.45) is 2.87. The molecule has 2 rings (SSSR count). The van der Waals surface area contributed by atoms with Crippen molar-refractivity contribution in [3.63, 3.8) is 0 Å². The second-order valence-electron chi connectivity index (χ2n) is 5.46. The molecule has 1 aromatic carbocycles. The maximum Gasteiger partial charge on any atom is 0.330 e. The van der Waals surface area contributed by atoms with Gasteiger partial charge in [0.1, 0.15) is 5.75 Å². The van der Waals surface area contributed by atoms with E-state index in [-0.39, 0.29) is 0 Å². The average molecular weight is 325 g/mol. The Balaban J connectivity index is 2.04. The minimum absolute atomic E-state index is 0.404. The fourth-order valence-electron chi connectivity index (χ4n) is 2.68. The summed E-state index contributed by atoms with van der Waals surface area (Å²) in [6.45, 7) is 0. The van der Waals surface area contributed by atoms with Crippen molar-refractivity contribution >= 4 is 21.7 Å². The topological polar surface area (TPSA) is 101 Å². The van der Waals surface area contributed by atoms with Gasteiger partial charge in [0.2, 0.25) is 5.91 Å². The predicted molar refractivity (Wildman–Crippen MR) is 81.0 cm³/mol. The first-order valence-corrected chi connectivity index (χ1v) is 8.90. The highest BCUT2D eigenvalue weighted by molar-refractivity contribution is 7.92. The van der Waals surface area contributed by atoms with Gasteiger partial charge in [-0.25, -0.2) is 13.2 Å². The van der Waals surface area contributed by atoms with E-state index >= 15 is 0 Å². The van der Waals surface area contributed by atoms with Gasteiger partial charge in [0.25, 0.3) is 0 Å². The number of hydrogen-bond donors (Lipinski definition) is 2. The van der Waals surface area contributed by atoms with Gasteiger partial charge >= 0.3 is 5.97 Å². The molecule has 120 valence electrons. The van der Waals surface area contributed by atoms with Crippen molar-refractivity contribution in [1.29, 1.82) is 0 Å². The zero-order valence-corrected chi connectivity index (χ0v) is 12.9. The lowest BCUT2D eigenvalue weighted by molar-refractivity contribution is -0.141. The molecule has 7 heteroatoms. The Kier molecular flexibility index (Phi) is 5.18. The highest BCUT2D eigenvalue weighted by Crippen LogP contribution is 2.25. The van der Waals surface area contributed by atoms with E-state index in [1.54, 1.807) is 30.3 Å². The molecule has 2 N–H and O–H groups in total. The second-order valence-corrected chi connectivity index (χ2v) is 7.74. The number of carboxylic acids is 1. The van der Waals surface area contributed by atoms with Crippen LogP contribution in [-0.4, -0.2) is 36.4 Å². The molecule has 1 amide bonds. The lowest BCUT2D eigenvalue weighted by Gasteiger charge is -2.16. The summed E-state index contributed by atoms with van der Waals surface area (Å²) in [7, 11) is -3.52. The Hall–Kier alpha value is -1.89. The van der Waals surface area contributed by atoms with Crippen LogP contribution in [0.3, 0.4) is 0 Å². The smallest absolute Gasteiger partial charge is 0.330 e. The van der Waals surface area contributed by atoms with Crippen LogP contribution in [0.1, 0.15) is 37.3 Å². The van der Waals surface area contributed by atoms with E-state index < -0.39 is 38.8 Å². The molecule has 0 aliphatic heterocycles. The summed E-state index contributed by atoms with van der Waals surface area (Å²) < 4.78 is 24.2. The van der Waals surface area contributed by atoms with Gasteiger partial charge in [-0.15, -0.1) is 0 Å². The van der Waals surface area contributed by atoms with Crippen LogP contribution in [0.5, 0.6) is 0 Å². The number of carbonyl (C=O) groups is 2. The largest absolute Gasteiger partial charge is 0.479 e. The number of aliphatic carboxylic acids is 1. The highest BCUT2D eigenvalue weighted by atomic mass is 32.2. The van der Waals surface area contributed by atoms with Crippen molar-refractivity contribution in [1.82, 2.24) is 5.32 Å². The summed E-state index contributed by atoms with van der Waals surface area (Å²) in [6, 6.07) is 6.95. The van der Waals surface area contributed by atoms with Crippen LogP contribution < -0.4 is 5.32 Å². The van der Waals surface area contributed by atoms with Gasteiger partial charge in [0.05, 0.1) is 5.25 Å². The highest BCUT2D eigenvalue weighted by Gasteiger charge is 2.32. The minimum atomic E-state index is -3.52. The fraction of sp³-hybridized carbons (Fsp3) is 0.467. The Labute approximate surface area is 129 Å². The number of nitrogens with one attached hydrogen (secondary N) is 1. The van der Waals surface area contributed by atoms with Crippen LogP contribution in [0.4, 0.5) is 0 Å². The third-order valence-electron chi connectivity index (χ3n) is 3.83. The molecule has 0 saturated heterocycles. The van der Waals surface area contributed by atoms with Gasteiger partial charge in [-0.05, 0) is 18.4 Å². The molecular formula is C15H19NO5S. The molecule has 0 aromatic heterocycles. The first-order chi connectivity index (χ1) is 10.4. The van der Waals surface area contributed by atoms with Gasteiger partial charge in [0, 0.05) is 0 Å². The number of carbonyl (C=O) groups excluding carboxylic acids is 1. The summed E-state index contributed by atoms with van der Waals surface area (Å²) in [4.78, 5) is 23.2. The third kappa shape index (κ3) is 4.07. The molecular weight excluding hydrogens is 306 g/mol. The molecule has 6 nitrogen and oxygen atoms in total. The lowest BCUT2D eigenvalue weighted by atomic mass is 10.1. The summed E-state index contributed by atoms with van der Waals surface area (Å²) in [5, 5.41) is 11.0. The van der Waals surface area contributed by atoms with Gasteiger partial charge < -0.3 is 10.4 Å². The lowest BCUT2D eigenvalue weighted by Crippen LogP contribution is -2.39. The maximum atomic E-state index is 12.1. The standard InChI is InChI=1S/C15H19NO5S/c17-13(10-22(20,21)12-8-4-5-9-12)16-14(15(18)19)11-6-2-1-3-7-11/h1-3,6-7,12,14H,4-5,8-10H2,(H,16,17)(H,18,19)/t14-/m0/s1. The van der Waals surface area contributed by atoms with E-state index in [0.29, 0.717) is 18.4 Å². The van der Waals surface area contributed by atoms with E-state index in [9.17, 15) is 23.1 Å². The quantitative estimate of drug-likeness (QED) is 0.821. The van der Waals surface area contributed by atoms with Crippen LogP contribution in [0.25, 0.3) is 0 Å². The Bertz CT molecular complexity index is 635. The third-order valence-corrected chi connectivity index (χ3v) is 5.98. The summed E-state index contributed by atoms with van der Waals surface area (Å²) in [5.74, 6) is -2.66. The maximum absolute atomic E-state index is 12.1. The molecule has 1 atom stereocenters. The molecule has 0 unspecified atom stereocenters. The zero-order chi connectivity index (χ0) is 16.2. The van der Waals surface area contributed by atoms with Crippen LogP contribution in [0, 0.1) is 0 Å². The number of benzene rings is 1. The fourth-order valence-corrected chi connectivity index (χ4v) is 4.42. The molecule has 1 aromatic rings. The molecule has 0 spiro atoms. The van der Waals surface area contributed by atoms with Crippen molar-refractivity contribution in [2.75, 3.05) is 5.75 Å². The van der Waals surface area contributed by atoms with Gasteiger partial charge in [-0.3, -0.25) is 4.79 Å². The zero-order valence-electron chi connectivity index (χ0n) is 12.1. The first-order valence-electron chi connectivity index (χ1n) is 7.19. The van der Waals surface area contributed by atoms with Gasteiger partial charge in [0.15, 0.2) is 15.9 Å². The first kappa shape index (κ1) is 16.5. The summed E-state index contributed by atoms with van der Waals surface area (Å²) in [5.41, 5.74) is 0.404. The van der Waals surface area contributed by atoms with Gasteiger partial charge in [-0.1, -0.05) is 43.2 Å². The van der Waals surface area contributed by atoms with Crippen molar-refractivity contribution < 1.29 is 23.1 Å². The minimum Gasteiger partial charge on any atom is -0.479 e. The SMILES string of the molecule is O=C(CS(=O)(=O)C1CCCC1)N[C@H](C(=O)O)c1ccccc1. The normalized spacial score (nSPS) is 17.1. The monoisotopic (exact) mass is 325 g/mol. The van der Waals surface area contributed by atoms with E-state index in [1.165, 1.54) is 0 Å². The molecule has 0 bridgehead atoms. The molecule has 22 heavy (non-hydrogen) atoms. The number of sulfone groups is 1. The second kappa shape index (κ2) is 6.91. The summed E-state index contributed by atoms with van der Waals surface area (Å²) >= 11 is 0. The number of carboxylic acid groups (broad SMARTS) is 1. The number of hydrogen-bond acceptors (Lipinski definition) is 4. The molecule has 1 fully saturated rings. The molecule has 1 aliphatic carbocycles. The van der Waals surface area contributed by atoms with Crippen LogP contribution in [0.2, 0.25) is 0 Å². The van der Waals surface area contributed by atoms with E-state index in [0.717, 1.165) is 12.8 Å². The Morgan fingerprint density at radius 3 is 2.32 bits per heavy atom. The Morgan fingerprint density at radius 2 is 1.77 bits per heavy atom. The van der Waals surface area contributed by atoms with Crippen LogP contribution in [-0.2, 0) is 19.4 Å². The van der Waals surface area contributed by atoms with Crippen LogP contribution in [0.15, 0.2) is 30.3 Å². The van der Waals surface area contributed by atoms with Crippen LogP contribution >= 0.6 is 0 Å². The van der Waals surface area contributed by atoms with Gasteiger partial charge in [-0.2, -0.15) is 0 Å². The van der Waals surface area contributed by atoms with E-state index in [1.807, 2.05) is 0 Å². The van der Waals surface area contributed by atoms with Crippen molar-refractivity contribution in [3.05, 3.63) is 35.9 Å². The van der Waals surface area contributed by atoms with Crippen molar-refractivity contribution in [2.24, 2.45) is 0 Å². The number of rotatable bonds is 6. The number of amides is 1. The molecule has 0 radical (unpaired) electrons. The van der Waals surface area contributed by atoms with E-state index in [2.05, 4.69) is 5.32 Å². The predicted octanol–water partition coefficient (Wildman–Crippen LogP) is 1.29. The molecule has 1 saturated carbocycles. The molecule has 1 aliphatic rings. The van der Waals surface area contributed by atoms with E-state index in [4.69, 9.17) is 0 Å². The average Bonchev–Trinajstić information content (AvgIpc) is 3.00. The molecule has 0 heterocycles. The van der Waals surface area contributed by atoms with Crippen molar-refractivity contribution in [2.45, 2.75) is 37.0 Å². The Morgan fingerprint density at radius 1 is 1.18 bits per heavy atom. The van der Waals surface area contributed by atoms with Crippen molar-refractivity contribution in [3.8, 4) is 0 Å².